The molecule has 0 atom stereocenters. The minimum atomic E-state index is 0.100. The maximum absolute atomic E-state index is 9.75. The summed E-state index contributed by atoms with van der Waals surface area (Å²) in [6.07, 6.45) is 1.46. The van der Waals surface area contributed by atoms with Gasteiger partial charge in [-0.15, -0.1) is 0 Å². The van der Waals surface area contributed by atoms with Crippen LogP contribution in [0.15, 0.2) is 47.6 Å². The predicted octanol–water partition coefficient (Wildman–Crippen LogP) is 2.73. The van der Waals surface area contributed by atoms with E-state index in [0.29, 0.717) is 16.4 Å². The minimum Gasteiger partial charge on any atom is -0.507 e. The lowest BCUT2D eigenvalue weighted by Crippen LogP contribution is -2.23. The Hall–Kier alpha value is -2.80. The number of phenolic OH excluding ortho intramolecular Hbond substituents is 1. The number of anilines is 1. The van der Waals surface area contributed by atoms with E-state index in [-0.39, 0.29) is 5.75 Å². The van der Waals surface area contributed by atoms with Gasteiger partial charge in [0.2, 0.25) is 0 Å². The number of thiocarbonyl (C=S) groups is 1. The molecule has 2 aromatic carbocycles. The lowest BCUT2D eigenvalue weighted by molar-refractivity contribution is 0.412. The Morgan fingerprint density at radius 2 is 1.87 bits per heavy atom. The first-order valence-electron chi connectivity index (χ1n) is 6.73. The molecule has 0 saturated carbocycles. The van der Waals surface area contributed by atoms with Crippen molar-refractivity contribution in [3.63, 3.8) is 0 Å². The van der Waals surface area contributed by atoms with Gasteiger partial charge in [-0.05, 0) is 42.5 Å². The number of rotatable bonds is 5. The molecule has 120 valence electrons. The van der Waals surface area contributed by atoms with Crippen LogP contribution in [0.2, 0.25) is 0 Å². The van der Waals surface area contributed by atoms with Crippen LogP contribution in [-0.2, 0) is 0 Å². The summed E-state index contributed by atoms with van der Waals surface area (Å²) in [6, 6.07) is 12.2. The molecule has 0 fully saturated rings. The van der Waals surface area contributed by atoms with Crippen LogP contribution >= 0.6 is 12.2 Å². The molecular weight excluding hydrogens is 314 g/mol. The molecule has 0 aliphatic carbocycles. The second-order valence-electron chi connectivity index (χ2n) is 4.48. The van der Waals surface area contributed by atoms with Gasteiger partial charge in [0.1, 0.15) is 17.2 Å². The average Bonchev–Trinajstić information content (AvgIpc) is 2.56. The normalized spacial score (nSPS) is 10.3. The summed E-state index contributed by atoms with van der Waals surface area (Å²) in [6.45, 7) is 0. The maximum Gasteiger partial charge on any atom is 0.191 e. The van der Waals surface area contributed by atoms with Crippen molar-refractivity contribution >= 4 is 29.2 Å². The topological polar surface area (TPSA) is 75.1 Å². The summed E-state index contributed by atoms with van der Waals surface area (Å²) in [5.41, 5.74) is 3.97. The number of nitrogens with one attached hydrogen (secondary N) is 2. The average molecular weight is 331 g/mol. The van der Waals surface area contributed by atoms with E-state index in [2.05, 4.69) is 15.8 Å². The molecule has 2 aromatic rings. The molecule has 0 aliphatic heterocycles. The zero-order valence-corrected chi connectivity index (χ0v) is 13.6. The van der Waals surface area contributed by atoms with E-state index >= 15 is 0 Å². The highest BCUT2D eigenvalue weighted by atomic mass is 32.1. The summed E-state index contributed by atoms with van der Waals surface area (Å²) in [7, 11) is 3.15. The first-order valence-corrected chi connectivity index (χ1v) is 7.14. The van der Waals surface area contributed by atoms with Crippen LogP contribution in [0.1, 0.15) is 5.56 Å². The number of hydrogen-bond acceptors (Lipinski definition) is 5. The van der Waals surface area contributed by atoms with Gasteiger partial charge in [0.15, 0.2) is 5.11 Å². The highest BCUT2D eigenvalue weighted by molar-refractivity contribution is 7.80. The van der Waals surface area contributed by atoms with Gasteiger partial charge in [0.05, 0.1) is 20.4 Å². The Morgan fingerprint density at radius 1 is 1.13 bits per heavy atom. The second-order valence-corrected chi connectivity index (χ2v) is 4.89. The highest BCUT2D eigenvalue weighted by Gasteiger charge is 2.01. The molecule has 6 nitrogen and oxygen atoms in total. The Kier molecular flexibility index (Phi) is 5.76. The lowest BCUT2D eigenvalue weighted by Gasteiger charge is -2.08. The smallest absolute Gasteiger partial charge is 0.191 e. The van der Waals surface area contributed by atoms with Gasteiger partial charge in [-0.25, -0.2) is 0 Å². The van der Waals surface area contributed by atoms with E-state index in [4.69, 9.17) is 21.7 Å². The zero-order chi connectivity index (χ0) is 16.7. The molecule has 0 radical (unpaired) electrons. The minimum absolute atomic E-state index is 0.100. The quantitative estimate of drug-likeness (QED) is 0.444. The van der Waals surface area contributed by atoms with Crippen LogP contribution in [0.3, 0.4) is 0 Å². The molecule has 0 amide bonds. The Morgan fingerprint density at radius 3 is 2.61 bits per heavy atom. The van der Waals surface area contributed by atoms with Gasteiger partial charge < -0.3 is 19.9 Å². The number of ether oxygens (including phenoxy) is 2. The molecule has 3 N–H and O–H groups in total. The standard InChI is InChI=1S/C16H17N3O3S/c1-21-13-5-3-4-12(9-13)18-16(23)19-17-10-11-8-14(22-2)6-7-15(11)20/h3-10,20H,1-2H3,(H2,18,19,23)/b17-10+. The van der Waals surface area contributed by atoms with Gasteiger partial charge in [0, 0.05) is 17.3 Å². The molecule has 2 rings (SSSR count). The molecule has 7 heteroatoms. The molecule has 0 bridgehead atoms. The third-order valence-electron chi connectivity index (χ3n) is 2.93. The van der Waals surface area contributed by atoms with Crippen molar-refractivity contribution in [1.29, 1.82) is 0 Å². The van der Waals surface area contributed by atoms with Crippen molar-refractivity contribution in [2.24, 2.45) is 5.10 Å². The van der Waals surface area contributed by atoms with Crippen LogP contribution < -0.4 is 20.2 Å². The van der Waals surface area contributed by atoms with Gasteiger partial charge >= 0.3 is 0 Å². The predicted molar refractivity (Wildman–Crippen MR) is 94.6 cm³/mol. The second kappa shape index (κ2) is 8.00. The summed E-state index contributed by atoms with van der Waals surface area (Å²) in [4.78, 5) is 0. The number of benzene rings is 2. The fourth-order valence-electron chi connectivity index (χ4n) is 1.78. The molecule has 0 heterocycles. The summed E-state index contributed by atoms with van der Waals surface area (Å²) >= 11 is 5.15. The highest BCUT2D eigenvalue weighted by Crippen LogP contribution is 2.21. The third-order valence-corrected chi connectivity index (χ3v) is 3.13. The largest absolute Gasteiger partial charge is 0.507 e. The number of aromatic hydroxyl groups is 1. The van der Waals surface area contributed by atoms with E-state index in [1.54, 1.807) is 26.4 Å². The van der Waals surface area contributed by atoms with Crippen molar-refractivity contribution in [2.75, 3.05) is 19.5 Å². The number of methoxy groups -OCH3 is 2. The third kappa shape index (κ3) is 4.86. The fourth-order valence-corrected chi connectivity index (χ4v) is 1.95. The molecule has 0 aromatic heterocycles. The van der Waals surface area contributed by atoms with E-state index < -0.39 is 0 Å². The Bertz CT molecular complexity index is 719. The number of phenols is 1. The monoisotopic (exact) mass is 331 g/mol. The summed E-state index contributed by atoms with van der Waals surface area (Å²) in [5, 5.41) is 17.0. The molecule has 0 spiro atoms. The Balaban J connectivity index is 1.96. The molecule has 0 aliphatic rings. The zero-order valence-electron chi connectivity index (χ0n) is 12.7. The SMILES string of the molecule is COc1cccc(NC(=S)N/N=C/c2cc(OC)ccc2O)c1. The van der Waals surface area contributed by atoms with Crippen molar-refractivity contribution in [3.8, 4) is 17.2 Å². The van der Waals surface area contributed by atoms with Crippen molar-refractivity contribution < 1.29 is 14.6 Å². The van der Waals surface area contributed by atoms with Gasteiger partial charge in [-0.1, -0.05) is 6.07 Å². The lowest BCUT2D eigenvalue weighted by atomic mass is 10.2. The van der Waals surface area contributed by atoms with Crippen LogP contribution in [-0.4, -0.2) is 30.7 Å². The molecule has 0 unspecified atom stereocenters. The fraction of sp³-hybridized carbons (Fsp3) is 0.125. The van der Waals surface area contributed by atoms with Crippen LogP contribution in [0.4, 0.5) is 5.69 Å². The molecular formula is C16H17N3O3S. The van der Waals surface area contributed by atoms with Crippen LogP contribution in [0.5, 0.6) is 17.2 Å². The van der Waals surface area contributed by atoms with E-state index in [0.717, 1.165) is 11.4 Å². The van der Waals surface area contributed by atoms with Crippen LogP contribution in [0, 0.1) is 0 Å². The van der Waals surface area contributed by atoms with Crippen LogP contribution in [0.25, 0.3) is 0 Å². The van der Waals surface area contributed by atoms with Crippen molar-refractivity contribution in [2.45, 2.75) is 0 Å². The summed E-state index contributed by atoms with van der Waals surface area (Å²) < 4.78 is 10.2. The summed E-state index contributed by atoms with van der Waals surface area (Å²) in [5.74, 6) is 1.45. The van der Waals surface area contributed by atoms with E-state index in [9.17, 15) is 5.11 Å². The first kappa shape index (κ1) is 16.6. The van der Waals surface area contributed by atoms with Crippen molar-refractivity contribution in [3.05, 3.63) is 48.0 Å². The van der Waals surface area contributed by atoms with Crippen molar-refractivity contribution in [1.82, 2.24) is 5.43 Å². The maximum atomic E-state index is 9.75. The molecule has 23 heavy (non-hydrogen) atoms. The first-order chi connectivity index (χ1) is 11.1. The van der Waals surface area contributed by atoms with Gasteiger partial charge in [0.25, 0.3) is 0 Å². The number of hydrazone groups is 1. The number of hydrogen-bond donors (Lipinski definition) is 3. The van der Waals surface area contributed by atoms with Gasteiger partial charge in [-0.2, -0.15) is 5.10 Å². The van der Waals surface area contributed by atoms with Gasteiger partial charge in [-0.3, -0.25) is 5.43 Å². The molecule has 0 saturated heterocycles. The Labute approximate surface area is 139 Å². The number of nitrogens with zero attached hydrogens (tertiary/aromatic N) is 1. The van der Waals surface area contributed by atoms with E-state index in [1.807, 2.05) is 24.3 Å². The van der Waals surface area contributed by atoms with E-state index in [1.165, 1.54) is 12.3 Å².